The summed E-state index contributed by atoms with van der Waals surface area (Å²) in [6.45, 7) is 4.72. The van der Waals surface area contributed by atoms with Gasteiger partial charge in [0.2, 0.25) is 0 Å². The third kappa shape index (κ3) is 5.31. The number of nitro groups is 1. The van der Waals surface area contributed by atoms with E-state index in [0.717, 1.165) is 18.7 Å². The molecule has 2 aromatic carbocycles. The van der Waals surface area contributed by atoms with Gasteiger partial charge < -0.3 is 19.5 Å². The Labute approximate surface area is 181 Å². The Bertz CT molecular complexity index is 943. The number of hydrogen-bond donors (Lipinski definition) is 1. The SMILES string of the molecule is COc1ccc(C(CNC(=O)c2ccc([N+](=O)[O-])c(C)c2)N2CCOCC2)cc1OC. The molecule has 0 aromatic heterocycles. The summed E-state index contributed by atoms with van der Waals surface area (Å²) in [5, 5.41) is 14.0. The van der Waals surface area contributed by atoms with Gasteiger partial charge >= 0.3 is 0 Å². The van der Waals surface area contributed by atoms with Crippen LogP contribution in [0.25, 0.3) is 0 Å². The summed E-state index contributed by atoms with van der Waals surface area (Å²) >= 11 is 0. The second-order valence-corrected chi connectivity index (χ2v) is 7.25. The van der Waals surface area contributed by atoms with E-state index in [9.17, 15) is 14.9 Å². The molecule has 3 rings (SSSR count). The molecular weight excluding hydrogens is 402 g/mol. The van der Waals surface area contributed by atoms with Crippen LogP contribution >= 0.6 is 0 Å². The van der Waals surface area contributed by atoms with Crippen molar-refractivity contribution in [1.82, 2.24) is 10.2 Å². The molecule has 1 aliphatic heterocycles. The van der Waals surface area contributed by atoms with Crippen molar-refractivity contribution >= 4 is 11.6 Å². The van der Waals surface area contributed by atoms with Crippen LogP contribution in [0.4, 0.5) is 5.69 Å². The summed E-state index contributed by atoms with van der Waals surface area (Å²) in [6.07, 6.45) is 0. The summed E-state index contributed by atoms with van der Waals surface area (Å²) in [6, 6.07) is 10.0. The second-order valence-electron chi connectivity index (χ2n) is 7.25. The molecule has 1 fully saturated rings. The van der Waals surface area contributed by atoms with Crippen LogP contribution in [-0.2, 0) is 4.74 Å². The third-order valence-electron chi connectivity index (χ3n) is 5.39. The smallest absolute Gasteiger partial charge is 0.272 e. The molecule has 0 saturated carbocycles. The highest BCUT2D eigenvalue weighted by Gasteiger charge is 2.25. The van der Waals surface area contributed by atoms with Crippen LogP contribution in [0.5, 0.6) is 11.5 Å². The van der Waals surface area contributed by atoms with E-state index in [0.29, 0.717) is 42.4 Å². The Morgan fingerprint density at radius 2 is 1.87 bits per heavy atom. The number of ether oxygens (including phenoxy) is 3. The normalized spacial score (nSPS) is 15.2. The number of benzene rings is 2. The first-order valence-electron chi connectivity index (χ1n) is 10.0. The summed E-state index contributed by atoms with van der Waals surface area (Å²) in [5.41, 5.74) is 1.81. The standard InChI is InChI=1S/C22H27N3O6/c1-15-12-17(4-6-18(15)25(27)28)22(26)23-14-19(24-8-10-31-11-9-24)16-5-7-20(29-2)21(13-16)30-3/h4-7,12-13,19H,8-11,14H2,1-3H3,(H,23,26). The van der Waals surface area contributed by atoms with Gasteiger partial charge in [0.1, 0.15) is 0 Å². The van der Waals surface area contributed by atoms with Crippen LogP contribution < -0.4 is 14.8 Å². The zero-order valence-corrected chi connectivity index (χ0v) is 17.9. The maximum absolute atomic E-state index is 12.8. The lowest BCUT2D eigenvalue weighted by molar-refractivity contribution is -0.385. The topological polar surface area (TPSA) is 103 Å². The van der Waals surface area contributed by atoms with Crippen molar-refractivity contribution in [2.45, 2.75) is 13.0 Å². The number of amides is 1. The fraction of sp³-hybridized carbons (Fsp3) is 0.409. The molecule has 0 aliphatic carbocycles. The number of carbonyl (C=O) groups is 1. The minimum absolute atomic E-state index is 0.00642. The molecule has 1 amide bonds. The fourth-order valence-corrected chi connectivity index (χ4v) is 3.70. The molecule has 31 heavy (non-hydrogen) atoms. The predicted molar refractivity (Wildman–Crippen MR) is 115 cm³/mol. The van der Waals surface area contributed by atoms with E-state index >= 15 is 0 Å². The highest BCUT2D eigenvalue weighted by molar-refractivity contribution is 5.94. The molecule has 166 valence electrons. The molecule has 0 bridgehead atoms. The van der Waals surface area contributed by atoms with Crippen molar-refractivity contribution in [2.75, 3.05) is 47.1 Å². The van der Waals surface area contributed by atoms with Gasteiger partial charge in [0.05, 0.1) is 38.4 Å². The maximum Gasteiger partial charge on any atom is 0.272 e. The van der Waals surface area contributed by atoms with Crippen LogP contribution in [0.1, 0.15) is 27.5 Å². The predicted octanol–water partition coefficient (Wildman–Crippen LogP) is 2.72. The first kappa shape index (κ1) is 22.5. The summed E-state index contributed by atoms with van der Waals surface area (Å²) in [5.74, 6) is 0.977. The lowest BCUT2D eigenvalue weighted by Gasteiger charge is -2.35. The number of methoxy groups -OCH3 is 2. The van der Waals surface area contributed by atoms with E-state index < -0.39 is 4.92 Å². The molecule has 0 radical (unpaired) electrons. The van der Waals surface area contributed by atoms with Crippen molar-refractivity contribution in [1.29, 1.82) is 0 Å². The van der Waals surface area contributed by atoms with Crippen LogP contribution in [0, 0.1) is 17.0 Å². The van der Waals surface area contributed by atoms with Crippen LogP contribution in [-0.4, -0.2) is 62.8 Å². The third-order valence-corrected chi connectivity index (χ3v) is 5.39. The van der Waals surface area contributed by atoms with E-state index in [1.165, 1.54) is 18.2 Å². The minimum atomic E-state index is -0.456. The van der Waals surface area contributed by atoms with Gasteiger partial charge in [-0.3, -0.25) is 19.8 Å². The lowest BCUT2D eigenvalue weighted by atomic mass is 10.0. The average molecular weight is 429 g/mol. The molecule has 0 spiro atoms. The monoisotopic (exact) mass is 429 g/mol. The number of rotatable bonds is 8. The number of carbonyl (C=O) groups excluding carboxylic acids is 1. The van der Waals surface area contributed by atoms with Crippen LogP contribution in [0.3, 0.4) is 0 Å². The van der Waals surface area contributed by atoms with Gasteiger partial charge in [-0.1, -0.05) is 6.07 Å². The lowest BCUT2D eigenvalue weighted by Crippen LogP contribution is -2.43. The largest absolute Gasteiger partial charge is 0.493 e. The van der Waals surface area contributed by atoms with Gasteiger partial charge in [0.15, 0.2) is 11.5 Å². The summed E-state index contributed by atoms with van der Waals surface area (Å²) < 4.78 is 16.3. The Hall–Kier alpha value is -3.17. The number of nitro benzene ring substituents is 1. The minimum Gasteiger partial charge on any atom is -0.493 e. The molecule has 1 heterocycles. The molecule has 1 saturated heterocycles. The zero-order valence-electron chi connectivity index (χ0n) is 17.9. The number of aryl methyl sites for hydroxylation is 1. The number of nitrogens with zero attached hydrogens (tertiary/aromatic N) is 2. The first-order valence-corrected chi connectivity index (χ1v) is 10.0. The zero-order chi connectivity index (χ0) is 22.4. The van der Waals surface area contributed by atoms with Gasteiger partial charge in [0.25, 0.3) is 11.6 Å². The quantitative estimate of drug-likeness (QED) is 0.508. The van der Waals surface area contributed by atoms with Crippen molar-refractivity contribution in [3.05, 3.63) is 63.2 Å². The number of morpholine rings is 1. The van der Waals surface area contributed by atoms with E-state index in [1.54, 1.807) is 21.1 Å². The molecule has 2 aromatic rings. The van der Waals surface area contributed by atoms with Gasteiger partial charge in [-0.2, -0.15) is 0 Å². The second kappa shape index (κ2) is 10.2. The number of nitrogens with one attached hydrogen (secondary N) is 1. The molecule has 1 unspecified atom stereocenters. The Morgan fingerprint density at radius 1 is 1.16 bits per heavy atom. The summed E-state index contributed by atoms with van der Waals surface area (Å²) in [4.78, 5) is 25.6. The molecule has 1 aliphatic rings. The van der Waals surface area contributed by atoms with Crippen molar-refractivity contribution in [3.8, 4) is 11.5 Å². The highest BCUT2D eigenvalue weighted by Crippen LogP contribution is 2.32. The van der Waals surface area contributed by atoms with E-state index in [-0.39, 0.29) is 17.6 Å². The van der Waals surface area contributed by atoms with Crippen LogP contribution in [0.15, 0.2) is 36.4 Å². The molecule has 9 heteroatoms. The van der Waals surface area contributed by atoms with E-state index in [1.807, 2.05) is 18.2 Å². The van der Waals surface area contributed by atoms with Crippen molar-refractivity contribution in [3.63, 3.8) is 0 Å². The molecular formula is C22H27N3O6. The summed E-state index contributed by atoms with van der Waals surface area (Å²) in [7, 11) is 3.17. The highest BCUT2D eigenvalue weighted by atomic mass is 16.6. The van der Waals surface area contributed by atoms with Crippen LogP contribution in [0.2, 0.25) is 0 Å². The van der Waals surface area contributed by atoms with Gasteiger partial charge in [0, 0.05) is 36.8 Å². The Morgan fingerprint density at radius 3 is 2.48 bits per heavy atom. The Balaban J connectivity index is 1.80. The van der Waals surface area contributed by atoms with Crippen molar-refractivity contribution in [2.24, 2.45) is 0 Å². The first-order chi connectivity index (χ1) is 14.9. The fourth-order valence-electron chi connectivity index (χ4n) is 3.70. The Kier molecular flexibility index (Phi) is 7.43. The van der Waals surface area contributed by atoms with Crippen molar-refractivity contribution < 1.29 is 23.9 Å². The number of hydrogen-bond acceptors (Lipinski definition) is 7. The average Bonchev–Trinajstić information content (AvgIpc) is 2.79. The molecule has 9 nitrogen and oxygen atoms in total. The molecule has 1 atom stereocenters. The van der Waals surface area contributed by atoms with E-state index in [4.69, 9.17) is 14.2 Å². The maximum atomic E-state index is 12.8. The van der Waals surface area contributed by atoms with Gasteiger partial charge in [-0.15, -0.1) is 0 Å². The van der Waals surface area contributed by atoms with Gasteiger partial charge in [-0.25, -0.2) is 0 Å². The van der Waals surface area contributed by atoms with E-state index in [2.05, 4.69) is 10.2 Å². The van der Waals surface area contributed by atoms with Gasteiger partial charge in [-0.05, 0) is 36.8 Å². The molecule has 1 N–H and O–H groups in total.